The van der Waals surface area contributed by atoms with Crippen molar-refractivity contribution >= 4 is 11.3 Å². The lowest BCUT2D eigenvalue weighted by molar-refractivity contribution is 0.201. The van der Waals surface area contributed by atoms with Crippen molar-refractivity contribution in [3.8, 4) is 5.75 Å². The van der Waals surface area contributed by atoms with E-state index in [2.05, 4.69) is 51.6 Å². The van der Waals surface area contributed by atoms with Gasteiger partial charge in [-0.15, -0.1) is 11.3 Å². The first-order valence-corrected chi connectivity index (χ1v) is 11.0. The van der Waals surface area contributed by atoms with Gasteiger partial charge in [-0.3, -0.25) is 9.80 Å². The molecule has 0 atom stereocenters. The first-order valence-electron chi connectivity index (χ1n) is 10.1. The molecule has 4 heteroatoms. The fraction of sp³-hybridized carbons (Fsp3) is 0.545. The molecule has 2 fully saturated rings. The molecule has 1 aromatic heterocycles. The SMILES string of the molecule is c1csc(CN2CCCN(Cc3ccccc3OC3CCCC3)CC2)c1. The van der Waals surface area contributed by atoms with Crippen LogP contribution in [-0.4, -0.2) is 42.1 Å². The normalized spacial score (nSPS) is 20.3. The highest BCUT2D eigenvalue weighted by Crippen LogP contribution is 2.27. The van der Waals surface area contributed by atoms with Crippen LogP contribution in [0, 0.1) is 0 Å². The lowest BCUT2D eigenvalue weighted by Gasteiger charge is -2.23. The summed E-state index contributed by atoms with van der Waals surface area (Å²) in [5.74, 6) is 1.11. The van der Waals surface area contributed by atoms with Gasteiger partial charge in [0.15, 0.2) is 0 Å². The van der Waals surface area contributed by atoms with Crippen molar-refractivity contribution in [1.29, 1.82) is 0 Å². The molecule has 1 aromatic carbocycles. The van der Waals surface area contributed by atoms with E-state index in [0.717, 1.165) is 31.9 Å². The molecular weight excluding hydrogens is 340 g/mol. The van der Waals surface area contributed by atoms with E-state index in [4.69, 9.17) is 4.74 Å². The molecule has 1 aliphatic carbocycles. The van der Waals surface area contributed by atoms with Crippen LogP contribution in [0.5, 0.6) is 5.75 Å². The zero-order valence-corrected chi connectivity index (χ0v) is 16.4. The average molecular weight is 371 g/mol. The van der Waals surface area contributed by atoms with Gasteiger partial charge < -0.3 is 4.74 Å². The molecule has 0 spiro atoms. The van der Waals surface area contributed by atoms with Crippen LogP contribution in [0.1, 0.15) is 42.5 Å². The second-order valence-electron chi connectivity index (χ2n) is 7.62. The largest absolute Gasteiger partial charge is 0.490 e. The lowest BCUT2D eigenvalue weighted by atomic mass is 10.1. The standard InChI is InChI=1S/C22H30N2OS/c1-4-11-22(25-20-8-2-3-9-20)19(7-1)17-23-12-6-13-24(15-14-23)18-21-10-5-16-26-21/h1,4-5,7,10-11,16,20H,2-3,6,8-9,12-15,17-18H2. The first kappa shape index (κ1) is 18.0. The topological polar surface area (TPSA) is 15.7 Å². The molecule has 2 aliphatic rings. The summed E-state index contributed by atoms with van der Waals surface area (Å²) < 4.78 is 6.33. The predicted octanol–water partition coefficient (Wildman–Crippen LogP) is 4.78. The second kappa shape index (κ2) is 9.03. The molecule has 140 valence electrons. The van der Waals surface area contributed by atoms with E-state index in [1.165, 1.54) is 55.6 Å². The Balaban J connectivity index is 1.34. The van der Waals surface area contributed by atoms with Crippen LogP contribution in [0.25, 0.3) is 0 Å². The summed E-state index contributed by atoms with van der Waals surface area (Å²) >= 11 is 1.87. The molecule has 26 heavy (non-hydrogen) atoms. The van der Waals surface area contributed by atoms with E-state index >= 15 is 0 Å². The minimum absolute atomic E-state index is 0.432. The van der Waals surface area contributed by atoms with Gasteiger partial charge in [-0.2, -0.15) is 0 Å². The van der Waals surface area contributed by atoms with Gasteiger partial charge in [0.2, 0.25) is 0 Å². The van der Waals surface area contributed by atoms with Crippen molar-refractivity contribution in [2.45, 2.75) is 51.3 Å². The number of benzene rings is 1. The van der Waals surface area contributed by atoms with Crippen molar-refractivity contribution in [1.82, 2.24) is 9.80 Å². The van der Waals surface area contributed by atoms with Crippen molar-refractivity contribution in [3.63, 3.8) is 0 Å². The minimum Gasteiger partial charge on any atom is -0.490 e. The Labute approximate surface area is 161 Å². The van der Waals surface area contributed by atoms with Crippen molar-refractivity contribution in [2.75, 3.05) is 26.2 Å². The smallest absolute Gasteiger partial charge is 0.124 e. The van der Waals surface area contributed by atoms with Crippen LogP contribution in [0.2, 0.25) is 0 Å². The van der Waals surface area contributed by atoms with E-state index in [9.17, 15) is 0 Å². The summed E-state index contributed by atoms with van der Waals surface area (Å²) in [5, 5.41) is 2.18. The van der Waals surface area contributed by atoms with E-state index in [1.54, 1.807) is 0 Å². The van der Waals surface area contributed by atoms with Gasteiger partial charge >= 0.3 is 0 Å². The quantitative estimate of drug-likeness (QED) is 0.728. The van der Waals surface area contributed by atoms with Gasteiger partial charge in [0.05, 0.1) is 6.10 Å². The molecule has 2 aromatic rings. The highest BCUT2D eigenvalue weighted by atomic mass is 32.1. The molecule has 4 rings (SSSR count). The first-order chi connectivity index (χ1) is 12.9. The van der Waals surface area contributed by atoms with Crippen molar-refractivity contribution in [3.05, 3.63) is 52.2 Å². The number of thiophene rings is 1. The number of para-hydroxylation sites is 1. The minimum atomic E-state index is 0.432. The molecule has 0 radical (unpaired) electrons. The Morgan fingerprint density at radius 3 is 2.38 bits per heavy atom. The summed E-state index contributed by atoms with van der Waals surface area (Å²) in [4.78, 5) is 6.69. The van der Waals surface area contributed by atoms with E-state index < -0.39 is 0 Å². The predicted molar refractivity (Wildman–Crippen MR) is 109 cm³/mol. The van der Waals surface area contributed by atoms with Crippen LogP contribution in [0.15, 0.2) is 41.8 Å². The number of ether oxygens (including phenoxy) is 1. The van der Waals surface area contributed by atoms with E-state index in [1.807, 2.05) is 11.3 Å². The van der Waals surface area contributed by atoms with Crippen LogP contribution in [-0.2, 0) is 13.1 Å². The van der Waals surface area contributed by atoms with Crippen LogP contribution in [0.4, 0.5) is 0 Å². The summed E-state index contributed by atoms with van der Waals surface area (Å²) in [6.07, 6.45) is 6.75. The van der Waals surface area contributed by atoms with Gasteiger partial charge in [-0.1, -0.05) is 24.3 Å². The Morgan fingerprint density at radius 1 is 0.846 bits per heavy atom. The maximum absolute atomic E-state index is 6.33. The molecule has 0 bridgehead atoms. The summed E-state index contributed by atoms with van der Waals surface area (Å²) in [6, 6.07) is 13.1. The monoisotopic (exact) mass is 370 g/mol. The van der Waals surface area contributed by atoms with Gasteiger partial charge in [0, 0.05) is 36.6 Å². The lowest BCUT2D eigenvalue weighted by Crippen LogP contribution is -2.30. The fourth-order valence-electron chi connectivity index (χ4n) is 4.14. The van der Waals surface area contributed by atoms with Gasteiger partial charge in [-0.05, 0) is 62.7 Å². The molecule has 0 N–H and O–H groups in total. The van der Waals surface area contributed by atoms with Gasteiger partial charge in [0.1, 0.15) is 5.75 Å². The Morgan fingerprint density at radius 2 is 1.62 bits per heavy atom. The van der Waals surface area contributed by atoms with Crippen molar-refractivity contribution < 1.29 is 4.74 Å². The zero-order valence-electron chi connectivity index (χ0n) is 15.6. The third-order valence-corrected chi connectivity index (χ3v) is 6.46. The van der Waals surface area contributed by atoms with E-state index in [-0.39, 0.29) is 0 Å². The number of rotatable bonds is 6. The molecular formula is C22H30N2OS. The molecule has 2 heterocycles. The highest BCUT2D eigenvalue weighted by Gasteiger charge is 2.20. The summed E-state index contributed by atoms with van der Waals surface area (Å²) in [5.41, 5.74) is 1.35. The zero-order chi connectivity index (χ0) is 17.6. The molecule has 1 saturated carbocycles. The maximum Gasteiger partial charge on any atom is 0.124 e. The van der Waals surface area contributed by atoms with Gasteiger partial charge in [-0.25, -0.2) is 0 Å². The van der Waals surface area contributed by atoms with E-state index in [0.29, 0.717) is 6.10 Å². The summed E-state index contributed by atoms with van der Waals surface area (Å²) in [7, 11) is 0. The van der Waals surface area contributed by atoms with Crippen molar-refractivity contribution in [2.24, 2.45) is 0 Å². The Bertz CT molecular complexity index is 667. The van der Waals surface area contributed by atoms with Crippen LogP contribution >= 0.6 is 11.3 Å². The molecule has 1 aliphatic heterocycles. The molecule has 3 nitrogen and oxygen atoms in total. The fourth-order valence-corrected chi connectivity index (χ4v) is 4.89. The van der Waals surface area contributed by atoms with Crippen LogP contribution < -0.4 is 4.74 Å². The Hall–Kier alpha value is -1.36. The number of hydrogen-bond acceptors (Lipinski definition) is 4. The maximum atomic E-state index is 6.33. The molecule has 0 amide bonds. The Kier molecular flexibility index (Phi) is 6.26. The third kappa shape index (κ3) is 4.87. The van der Waals surface area contributed by atoms with Gasteiger partial charge in [0.25, 0.3) is 0 Å². The average Bonchev–Trinajstić information content (AvgIpc) is 3.30. The highest BCUT2D eigenvalue weighted by molar-refractivity contribution is 7.09. The summed E-state index contributed by atoms with van der Waals surface area (Å²) in [6.45, 7) is 6.79. The third-order valence-electron chi connectivity index (χ3n) is 5.60. The molecule has 1 saturated heterocycles. The second-order valence-corrected chi connectivity index (χ2v) is 8.65. The number of nitrogens with zero attached hydrogens (tertiary/aromatic N) is 2. The van der Waals surface area contributed by atoms with Crippen LogP contribution in [0.3, 0.4) is 0 Å². The molecule has 0 unspecified atom stereocenters. The number of hydrogen-bond donors (Lipinski definition) is 0.